The fourth-order valence-electron chi connectivity index (χ4n) is 2.82. The Labute approximate surface area is 178 Å². The molecule has 0 radical (unpaired) electrons. The van der Waals surface area contributed by atoms with Crippen LogP contribution in [0, 0.1) is 5.41 Å². The quantitative estimate of drug-likeness (QED) is 0.493. The maximum absolute atomic E-state index is 12.1. The second-order valence-corrected chi connectivity index (χ2v) is 8.34. The SMILES string of the molecule is COCCN(C)C(=N)c1ccc(C2=NOC(CNC(=O)c3ccc(Cl)s3)C2)cc1. The highest BCUT2D eigenvalue weighted by Gasteiger charge is 2.23. The molecule has 1 aromatic carbocycles. The zero-order valence-corrected chi connectivity index (χ0v) is 17.8. The summed E-state index contributed by atoms with van der Waals surface area (Å²) in [5, 5.41) is 15.3. The predicted octanol–water partition coefficient (Wildman–Crippen LogP) is 3.23. The second kappa shape index (κ2) is 9.87. The molecule has 0 bridgehead atoms. The Hall–Kier alpha value is -2.42. The number of halogens is 1. The highest BCUT2D eigenvalue weighted by molar-refractivity contribution is 7.17. The van der Waals surface area contributed by atoms with Gasteiger partial charge in [-0.2, -0.15) is 0 Å². The Kier molecular flexibility index (Phi) is 7.24. The number of oxime groups is 1. The normalized spacial score (nSPS) is 15.6. The molecule has 0 saturated carbocycles. The molecule has 29 heavy (non-hydrogen) atoms. The van der Waals surface area contributed by atoms with Crippen LogP contribution in [-0.2, 0) is 9.57 Å². The third-order valence-corrected chi connectivity index (χ3v) is 5.75. The summed E-state index contributed by atoms with van der Waals surface area (Å²) in [5.74, 6) is 0.270. The molecular weight excluding hydrogens is 412 g/mol. The lowest BCUT2D eigenvalue weighted by Crippen LogP contribution is -2.31. The number of nitrogens with one attached hydrogen (secondary N) is 2. The number of amidine groups is 1. The number of carbonyl (C=O) groups is 1. The molecule has 1 aliphatic heterocycles. The number of methoxy groups -OCH3 is 1. The van der Waals surface area contributed by atoms with Crippen LogP contribution in [0.2, 0.25) is 4.34 Å². The third kappa shape index (κ3) is 5.56. The van der Waals surface area contributed by atoms with E-state index < -0.39 is 0 Å². The molecule has 1 amide bonds. The number of amides is 1. The zero-order valence-electron chi connectivity index (χ0n) is 16.3. The highest BCUT2D eigenvalue weighted by atomic mass is 35.5. The van der Waals surface area contributed by atoms with E-state index in [2.05, 4.69) is 10.5 Å². The van der Waals surface area contributed by atoms with Crippen LogP contribution in [-0.4, -0.2) is 62.3 Å². The molecule has 0 saturated heterocycles. The molecule has 2 N–H and O–H groups in total. The molecule has 2 heterocycles. The van der Waals surface area contributed by atoms with Crippen molar-refractivity contribution in [2.24, 2.45) is 5.16 Å². The minimum absolute atomic E-state index is 0.167. The van der Waals surface area contributed by atoms with Gasteiger partial charge in [0.05, 0.1) is 28.1 Å². The Morgan fingerprint density at radius 3 is 2.79 bits per heavy atom. The molecular formula is C20H23ClN4O3S. The van der Waals surface area contributed by atoms with Gasteiger partial charge in [-0.3, -0.25) is 10.2 Å². The van der Waals surface area contributed by atoms with E-state index in [0.29, 0.717) is 41.2 Å². The summed E-state index contributed by atoms with van der Waals surface area (Å²) in [4.78, 5) is 20.0. The fourth-order valence-corrected chi connectivity index (χ4v) is 3.78. The lowest BCUT2D eigenvalue weighted by atomic mass is 10.0. The number of carbonyl (C=O) groups excluding carboxylic acids is 1. The van der Waals surface area contributed by atoms with Crippen molar-refractivity contribution in [1.82, 2.24) is 10.2 Å². The summed E-state index contributed by atoms with van der Waals surface area (Å²) in [7, 11) is 3.51. The average molecular weight is 435 g/mol. The van der Waals surface area contributed by atoms with E-state index in [1.54, 1.807) is 19.2 Å². The van der Waals surface area contributed by atoms with Crippen molar-refractivity contribution in [3.05, 3.63) is 56.7 Å². The summed E-state index contributed by atoms with van der Waals surface area (Å²) in [5.41, 5.74) is 2.60. The lowest BCUT2D eigenvalue weighted by Gasteiger charge is -2.19. The molecule has 2 aromatic rings. The van der Waals surface area contributed by atoms with Gasteiger partial charge in [0.25, 0.3) is 5.91 Å². The van der Waals surface area contributed by atoms with Crippen LogP contribution in [0.5, 0.6) is 0 Å². The van der Waals surface area contributed by atoms with Gasteiger partial charge in [0.15, 0.2) is 0 Å². The van der Waals surface area contributed by atoms with Gasteiger partial charge in [0, 0.05) is 32.7 Å². The van der Waals surface area contributed by atoms with Gasteiger partial charge < -0.3 is 19.8 Å². The maximum atomic E-state index is 12.1. The first kappa shape index (κ1) is 21.3. The second-order valence-electron chi connectivity index (χ2n) is 6.62. The molecule has 0 spiro atoms. The Morgan fingerprint density at radius 2 is 2.14 bits per heavy atom. The van der Waals surface area contributed by atoms with Crippen LogP contribution in [0.15, 0.2) is 41.6 Å². The van der Waals surface area contributed by atoms with Gasteiger partial charge in [0.2, 0.25) is 0 Å². The van der Waals surface area contributed by atoms with Crippen LogP contribution in [0.3, 0.4) is 0 Å². The first-order valence-electron chi connectivity index (χ1n) is 9.13. The van der Waals surface area contributed by atoms with E-state index in [1.165, 1.54) is 11.3 Å². The van der Waals surface area contributed by atoms with Crippen molar-refractivity contribution in [2.75, 3.05) is 33.9 Å². The smallest absolute Gasteiger partial charge is 0.261 e. The summed E-state index contributed by atoms with van der Waals surface area (Å²) < 4.78 is 5.64. The minimum Gasteiger partial charge on any atom is -0.390 e. The molecule has 1 unspecified atom stereocenters. The maximum Gasteiger partial charge on any atom is 0.261 e. The zero-order chi connectivity index (χ0) is 20.8. The molecule has 154 valence electrons. The largest absolute Gasteiger partial charge is 0.390 e. The number of thiophene rings is 1. The monoisotopic (exact) mass is 434 g/mol. The molecule has 0 fully saturated rings. The molecule has 0 aliphatic carbocycles. The van der Waals surface area contributed by atoms with Crippen molar-refractivity contribution < 1.29 is 14.4 Å². The number of hydrogen-bond acceptors (Lipinski definition) is 6. The number of benzene rings is 1. The van der Waals surface area contributed by atoms with Gasteiger partial charge in [0.1, 0.15) is 11.9 Å². The third-order valence-electron chi connectivity index (χ3n) is 4.52. The molecule has 1 aromatic heterocycles. The Bertz CT molecular complexity index is 897. The number of rotatable bonds is 8. The van der Waals surface area contributed by atoms with Crippen LogP contribution in [0.25, 0.3) is 0 Å². The first-order valence-corrected chi connectivity index (χ1v) is 10.3. The van der Waals surface area contributed by atoms with E-state index >= 15 is 0 Å². The number of ether oxygens (including phenoxy) is 1. The Balaban J connectivity index is 1.50. The van der Waals surface area contributed by atoms with Gasteiger partial charge in [-0.1, -0.05) is 41.0 Å². The highest BCUT2D eigenvalue weighted by Crippen LogP contribution is 2.21. The van der Waals surface area contributed by atoms with Crippen molar-refractivity contribution >= 4 is 40.4 Å². The molecule has 3 rings (SSSR count). The van der Waals surface area contributed by atoms with Gasteiger partial charge >= 0.3 is 0 Å². The molecule has 1 atom stereocenters. The first-order chi connectivity index (χ1) is 14.0. The van der Waals surface area contributed by atoms with E-state index in [4.69, 9.17) is 26.6 Å². The van der Waals surface area contributed by atoms with E-state index in [9.17, 15) is 4.79 Å². The standard InChI is InChI=1S/C20H23ClN4O3S/c1-25(9-10-27-2)19(22)14-5-3-13(4-6-14)16-11-15(28-24-16)12-23-20(26)17-7-8-18(21)29-17/h3-8,15,22H,9-12H2,1-2H3,(H,23,26). The summed E-state index contributed by atoms with van der Waals surface area (Å²) in [6, 6.07) is 11.1. The summed E-state index contributed by atoms with van der Waals surface area (Å²) >= 11 is 7.10. The van der Waals surface area contributed by atoms with Crippen molar-refractivity contribution in [2.45, 2.75) is 12.5 Å². The van der Waals surface area contributed by atoms with E-state index in [-0.39, 0.29) is 12.0 Å². The topological polar surface area (TPSA) is 87.0 Å². The van der Waals surface area contributed by atoms with Crippen molar-refractivity contribution in [3.63, 3.8) is 0 Å². The van der Waals surface area contributed by atoms with E-state index in [1.807, 2.05) is 36.2 Å². The van der Waals surface area contributed by atoms with E-state index in [0.717, 1.165) is 16.8 Å². The molecule has 1 aliphatic rings. The Morgan fingerprint density at radius 1 is 1.38 bits per heavy atom. The summed E-state index contributed by atoms with van der Waals surface area (Å²) in [6.07, 6.45) is 0.401. The number of hydrogen-bond donors (Lipinski definition) is 2. The fraction of sp³-hybridized carbons (Fsp3) is 0.350. The lowest BCUT2D eigenvalue weighted by molar-refractivity contribution is 0.0755. The van der Waals surface area contributed by atoms with Gasteiger partial charge in [-0.15, -0.1) is 11.3 Å². The molecule has 9 heteroatoms. The summed E-state index contributed by atoms with van der Waals surface area (Å²) in [6.45, 7) is 1.60. The van der Waals surface area contributed by atoms with Gasteiger partial charge in [-0.05, 0) is 17.7 Å². The van der Waals surface area contributed by atoms with Crippen LogP contribution < -0.4 is 5.32 Å². The van der Waals surface area contributed by atoms with Crippen molar-refractivity contribution in [3.8, 4) is 0 Å². The number of nitrogens with zero attached hydrogens (tertiary/aromatic N) is 2. The van der Waals surface area contributed by atoms with Crippen molar-refractivity contribution in [1.29, 1.82) is 5.41 Å². The van der Waals surface area contributed by atoms with Gasteiger partial charge in [-0.25, -0.2) is 0 Å². The molecule has 7 nitrogen and oxygen atoms in total. The number of likely N-dealkylation sites (N-methyl/N-ethyl adjacent to an activating group) is 1. The predicted molar refractivity (Wildman–Crippen MR) is 115 cm³/mol. The van der Waals surface area contributed by atoms with Crippen LogP contribution in [0.1, 0.15) is 27.2 Å². The minimum atomic E-state index is -0.206. The van der Waals surface area contributed by atoms with Crippen LogP contribution in [0.4, 0.5) is 0 Å². The average Bonchev–Trinajstić information content (AvgIpc) is 3.39. The van der Waals surface area contributed by atoms with Crippen LogP contribution >= 0.6 is 22.9 Å².